The zero-order valence-electron chi connectivity index (χ0n) is 6.33. The maximum Gasteiger partial charge on any atom is 0.144 e. The first-order valence-corrected chi connectivity index (χ1v) is 12.4. The van der Waals surface area contributed by atoms with Gasteiger partial charge in [0.15, 0.2) is 0 Å². The van der Waals surface area contributed by atoms with E-state index in [1.165, 1.54) is 0 Å². The number of hydrogen-bond acceptors (Lipinski definition) is 12. The van der Waals surface area contributed by atoms with E-state index in [4.69, 9.17) is 41.2 Å². The normalized spacial score (nSPS) is 11.2. The van der Waals surface area contributed by atoms with E-state index in [2.05, 4.69) is 0 Å². The van der Waals surface area contributed by atoms with Crippen LogP contribution in [0.5, 0.6) is 0 Å². The Morgan fingerprint density at radius 1 is 0.312 bits per heavy atom. The first-order valence-electron chi connectivity index (χ1n) is 1.85. The Kier molecular flexibility index (Phi) is 19.0. The van der Waals surface area contributed by atoms with Crippen LogP contribution >= 0.6 is 0 Å². The summed E-state index contributed by atoms with van der Waals surface area (Å²) in [7, 11) is 0. The molecule has 16 heavy (non-hydrogen) atoms. The first kappa shape index (κ1) is 26.9. The molecule has 12 nitrogen and oxygen atoms in total. The smallest absolute Gasteiger partial charge is 0.144 e. The van der Waals surface area contributed by atoms with Crippen LogP contribution in [0, 0.1) is 0 Å². The summed E-state index contributed by atoms with van der Waals surface area (Å²) in [4.78, 5) is 0. The Bertz CT molecular complexity index is 91.3. The van der Waals surface area contributed by atoms with E-state index >= 15 is 0 Å². The van der Waals surface area contributed by atoms with E-state index in [1.807, 2.05) is 0 Å². The number of hydrogen-bond donors (Lipinski definition) is 0. The van der Waals surface area contributed by atoms with Crippen molar-refractivity contribution in [2.24, 2.45) is 0 Å². The average Bonchev–Trinajstić information content (AvgIpc) is 1.41. The molecule has 0 aliphatic heterocycles. The van der Waals surface area contributed by atoms with Crippen LogP contribution in [0.4, 0.5) is 0 Å². The molecule has 0 bridgehead atoms. The van der Waals surface area contributed by atoms with Gasteiger partial charge >= 0.3 is 0 Å². The summed E-state index contributed by atoms with van der Waals surface area (Å²) in [5.41, 5.74) is 0. The molecule has 0 atom stereocenters. The number of halogens is 3. The summed E-state index contributed by atoms with van der Waals surface area (Å²) in [6.07, 6.45) is 0. The monoisotopic (exact) mass is 680 g/mol. The van der Waals surface area contributed by atoms with Crippen molar-refractivity contribution in [1.82, 2.24) is 0 Å². The molecule has 107 valence electrons. The van der Waals surface area contributed by atoms with Gasteiger partial charge in [-0.05, 0) is 0 Å². The van der Waals surface area contributed by atoms with Gasteiger partial charge in [0.25, 0.3) is 0 Å². The van der Waals surface area contributed by atoms with Crippen molar-refractivity contribution in [3.05, 3.63) is 0 Å². The fourth-order valence-corrected chi connectivity index (χ4v) is 0. The van der Waals surface area contributed by atoms with Crippen molar-refractivity contribution >= 4 is 0 Å². The van der Waals surface area contributed by atoms with Crippen LogP contribution in [0.3, 0.4) is 0 Å². The van der Waals surface area contributed by atoms with Crippen molar-refractivity contribution in [3.8, 4) is 0 Å². The SMILES string of the molecule is [Ag].[O-][I+3]([O-])([O-])[O-].[O-][I+3]([O-])([O-])[O-].[O-][I+3]([O-])([O-])[O-]. The second-order valence-corrected chi connectivity index (χ2v) is 7.61. The second-order valence-electron chi connectivity index (χ2n) is 1.13. The van der Waals surface area contributed by atoms with E-state index in [1.54, 1.807) is 0 Å². The van der Waals surface area contributed by atoms with Gasteiger partial charge in [0.2, 0.25) is 0 Å². The van der Waals surface area contributed by atoms with Crippen LogP contribution in [0.15, 0.2) is 0 Å². The van der Waals surface area contributed by atoms with Crippen LogP contribution < -0.4 is 102 Å². The molecule has 0 fully saturated rings. The maximum absolute atomic E-state index is 8.62. The molecule has 16 heteroatoms. The molecule has 0 aromatic carbocycles. The summed E-state index contributed by atoms with van der Waals surface area (Å²) >= 11 is -17.8. The van der Waals surface area contributed by atoms with Gasteiger partial charge in [-0.3, -0.25) is 41.2 Å². The van der Waals surface area contributed by atoms with Gasteiger partial charge in [0.05, 0.1) is 0 Å². The van der Waals surface area contributed by atoms with Gasteiger partial charge < -0.3 is 0 Å². The Balaban J connectivity index is -0.0000000655. The molecule has 0 aromatic rings. The zero-order chi connectivity index (χ0) is 13.5. The van der Waals surface area contributed by atoms with Gasteiger partial charge in [0, 0.05) is 22.4 Å². The standard InChI is InChI=1S/Ag.3IO4/c;3*2-1(3,4)5/q;3*-1. The van der Waals surface area contributed by atoms with Gasteiger partial charge in [-0.1, -0.05) is 0 Å². The van der Waals surface area contributed by atoms with E-state index in [0.29, 0.717) is 0 Å². The zero-order valence-corrected chi connectivity index (χ0v) is 14.3. The molecule has 0 aromatic heterocycles. The van der Waals surface area contributed by atoms with E-state index in [0.717, 1.165) is 0 Å². The fourth-order valence-electron chi connectivity index (χ4n) is 0. The van der Waals surface area contributed by atoms with Gasteiger partial charge in [0.1, 0.15) is 60.3 Å². The molecule has 0 aliphatic rings. The van der Waals surface area contributed by atoms with Crippen LogP contribution in [-0.4, -0.2) is 0 Å². The van der Waals surface area contributed by atoms with E-state index < -0.39 is 60.3 Å². The molecule has 0 saturated carbocycles. The molecule has 0 saturated heterocycles. The summed E-state index contributed by atoms with van der Waals surface area (Å²) in [6, 6.07) is 0. The third-order valence-corrected chi connectivity index (χ3v) is 0. The third-order valence-electron chi connectivity index (χ3n) is 0. The minimum absolute atomic E-state index is 0. The first-order chi connectivity index (χ1) is 6.00. The van der Waals surface area contributed by atoms with Gasteiger partial charge in [-0.15, -0.1) is 0 Å². The van der Waals surface area contributed by atoms with Crippen molar-refractivity contribution in [2.45, 2.75) is 0 Å². The van der Waals surface area contributed by atoms with Crippen LogP contribution in [0.25, 0.3) is 0 Å². The number of rotatable bonds is 0. The van der Waals surface area contributed by atoms with Crippen molar-refractivity contribution in [3.63, 3.8) is 0 Å². The summed E-state index contributed by atoms with van der Waals surface area (Å²) in [6.45, 7) is 0. The summed E-state index contributed by atoms with van der Waals surface area (Å²) < 4.78 is 103. The third kappa shape index (κ3) is 654. The van der Waals surface area contributed by atoms with Crippen LogP contribution in [0.1, 0.15) is 0 Å². The van der Waals surface area contributed by atoms with Gasteiger partial charge in [-0.2, -0.15) is 0 Å². The maximum atomic E-state index is 8.62. The largest absolute Gasteiger partial charge is 0.286 e. The van der Waals surface area contributed by atoms with Crippen molar-refractivity contribution in [2.75, 3.05) is 0 Å². The molecular weight excluding hydrogens is 681 g/mol. The molecule has 1 radical (unpaired) electrons. The molecule has 0 unspecified atom stereocenters. The van der Waals surface area contributed by atoms with Crippen LogP contribution in [0.2, 0.25) is 0 Å². The van der Waals surface area contributed by atoms with Crippen LogP contribution in [-0.2, 0) is 22.4 Å². The summed E-state index contributed by atoms with van der Waals surface area (Å²) in [5.74, 6) is 0. The predicted octanol–water partition coefficient (Wildman–Crippen LogP) is -23.3. The van der Waals surface area contributed by atoms with Crippen molar-refractivity contribution in [1.29, 1.82) is 0 Å². The average molecular weight is 681 g/mol. The molecule has 0 N–H and O–H groups in total. The Morgan fingerprint density at radius 3 is 0.312 bits per heavy atom. The van der Waals surface area contributed by atoms with E-state index in [-0.39, 0.29) is 22.4 Å². The predicted molar refractivity (Wildman–Crippen MR) is 0 cm³/mol. The molecule has 0 amide bonds. The molecule has 0 rings (SSSR count). The topological polar surface area (TPSA) is 277 Å². The fraction of sp³-hybridized carbons (Fsp3) is 0. The minimum atomic E-state index is -5.94. The molecule has 0 aliphatic carbocycles. The Labute approximate surface area is 122 Å². The van der Waals surface area contributed by atoms with Crippen molar-refractivity contribution < 1.29 is 124 Å². The minimum Gasteiger partial charge on any atom is -0.286 e. The molecule has 0 spiro atoms. The Hall–Kier alpha value is 2.45. The molecular formula is AgI3O12-3. The van der Waals surface area contributed by atoms with E-state index in [9.17, 15) is 0 Å². The second kappa shape index (κ2) is 11.3. The molecule has 0 heterocycles. The quantitative estimate of drug-likeness (QED) is 0.170. The van der Waals surface area contributed by atoms with Gasteiger partial charge in [-0.25, -0.2) is 0 Å². The Morgan fingerprint density at radius 2 is 0.312 bits per heavy atom. The summed E-state index contributed by atoms with van der Waals surface area (Å²) in [5, 5.41) is 0.